The number of rotatable bonds is 5. The first-order chi connectivity index (χ1) is 25.9. The summed E-state index contributed by atoms with van der Waals surface area (Å²) in [6.07, 6.45) is 0. The molecule has 9 rings (SSSR count). The van der Waals surface area contributed by atoms with Crippen molar-refractivity contribution >= 4 is 50.1 Å². The van der Waals surface area contributed by atoms with Gasteiger partial charge in [0.05, 0.1) is 11.6 Å². The van der Waals surface area contributed by atoms with Crippen molar-refractivity contribution in [2.45, 2.75) is 26.2 Å². The molecule has 4 aromatic carbocycles. The minimum absolute atomic E-state index is 0. The Morgan fingerprint density at radius 3 is 1.57 bits per heavy atom. The first-order valence-corrected chi connectivity index (χ1v) is 16.7. The van der Waals surface area contributed by atoms with E-state index in [2.05, 4.69) is 0 Å². The number of hydrogen-bond donors (Lipinski definition) is 6. The van der Waals surface area contributed by atoms with E-state index in [-0.39, 0.29) is 36.7 Å². The fourth-order valence-corrected chi connectivity index (χ4v) is 6.79. The Labute approximate surface area is 317 Å². The molecule has 7 aromatic rings. The van der Waals surface area contributed by atoms with Crippen LogP contribution in [0.1, 0.15) is 22.3 Å². The molecule has 0 amide bonds. The summed E-state index contributed by atoms with van der Waals surface area (Å²) in [7, 11) is 0. The molecule has 15 nitrogen and oxygen atoms in total. The third-order valence-electron chi connectivity index (χ3n) is 9.17. The largest absolute Gasteiger partial charge is 2.00 e. The van der Waals surface area contributed by atoms with E-state index in [4.69, 9.17) is 77.8 Å². The molecule has 10 N–H and O–H groups in total. The molecular formula is C38H32CuN12O3. The molecule has 0 aliphatic carbocycles. The molecule has 1 radical (unpaired) electrons. The second kappa shape index (κ2) is 14.8. The van der Waals surface area contributed by atoms with Gasteiger partial charge in [-0.25, -0.2) is 19.7 Å². The van der Waals surface area contributed by atoms with E-state index in [1.54, 1.807) is 0 Å². The Hall–Kier alpha value is -5.97. The van der Waals surface area contributed by atoms with Crippen molar-refractivity contribution < 1.29 is 32.1 Å². The first kappa shape index (κ1) is 36.4. The number of aliphatic hydroxyl groups is 1. The van der Waals surface area contributed by atoms with Crippen molar-refractivity contribution in [2.75, 3.05) is 6.61 Å². The Kier molecular flexibility index (Phi) is 9.98. The number of aliphatic hydroxyl groups excluding tert-OH is 1. The minimum atomic E-state index is -1.19. The topological polar surface area (TPSA) is 267 Å². The standard InChI is InChI=1S/C36H28N12.C2H4O3.Cu/c37-13-17-5-3-9-23-25(17)33-44-31(23)42-29-21-7-1-2-8-22(21)30(41-29)43-35-27-19(15-39)11-12-20(16-40)28(27)36(48-35)46-32-24-10-4-6-18(14-38)26(24)34(45-32)47-33;3-1-2(4)5;/h1-12H,13-16,37-40H2;3H,1H2,(H,4,5);/q-2;;+2. The summed E-state index contributed by atoms with van der Waals surface area (Å²) in [4.78, 5) is 49.3. The molecule has 0 unspecified atom stereocenters. The minimum Gasteiger partial charge on any atom is -0.480 e. The van der Waals surface area contributed by atoms with Gasteiger partial charge in [-0.3, -0.25) is 0 Å². The van der Waals surface area contributed by atoms with E-state index in [9.17, 15) is 0 Å². The number of carboxylic acids is 1. The number of nitrogens with two attached hydrogens (primary N) is 4. The van der Waals surface area contributed by atoms with Crippen LogP contribution in [0, 0.1) is 0 Å². The summed E-state index contributed by atoms with van der Waals surface area (Å²) in [5, 5.41) is 18.3. The number of benzene rings is 4. The van der Waals surface area contributed by atoms with Crippen molar-refractivity contribution in [1.29, 1.82) is 0 Å². The van der Waals surface area contributed by atoms with Crippen LogP contribution in [0.5, 0.6) is 0 Å². The summed E-state index contributed by atoms with van der Waals surface area (Å²) in [5.41, 5.74) is 33.5. The van der Waals surface area contributed by atoms with E-state index < -0.39 is 12.6 Å². The van der Waals surface area contributed by atoms with E-state index in [1.165, 1.54) is 0 Å². The van der Waals surface area contributed by atoms with Gasteiger partial charge >= 0.3 is 23.0 Å². The third kappa shape index (κ3) is 6.07. The van der Waals surface area contributed by atoms with Crippen molar-refractivity contribution in [3.05, 3.63) is 95.1 Å². The molecule has 2 aliphatic heterocycles. The number of carboxylic acid groups (broad SMARTS) is 1. The molecule has 0 spiro atoms. The SMILES string of the molecule is NCc1cccc2c1-c1nc-2nc2nc(nc3[n-]c(nc4[n-]c(n1)c1c(CN)cccc41)c1ccccc31)-c1c(CN)ccc(CN)c1-2.O=C(O)CO.[Cu+2]. The molecule has 0 saturated heterocycles. The maximum atomic E-state index is 9.12. The Balaban J connectivity index is 0.000000706. The van der Waals surface area contributed by atoms with E-state index in [1.807, 2.05) is 72.8 Å². The summed E-state index contributed by atoms with van der Waals surface area (Å²) >= 11 is 0. The zero-order valence-corrected chi connectivity index (χ0v) is 29.4. The van der Waals surface area contributed by atoms with Gasteiger partial charge in [0.2, 0.25) is 0 Å². The van der Waals surface area contributed by atoms with Gasteiger partial charge in [-0.2, -0.15) is 0 Å². The summed E-state index contributed by atoms with van der Waals surface area (Å²) < 4.78 is 0. The van der Waals surface area contributed by atoms with Crippen LogP contribution in [0.3, 0.4) is 0 Å². The van der Waals surface area contributed by atoms with Crippen LogP contribution in [-0.2, 0) is 48.0 Å². The Bertz CT molecular complexity index is 2780. The number of hydrogen-bond acceptors (Lipinski definition) is 12. The molecule has 16 heteroatoms. The van der Waals surface area contributed by atoms with Crippen LogP contribution in [0.15, 0.2) is 72.8 Å². The van der Waals surface area contributed by atoms with Gasteiger partial charge in [-0.1, -0.05) is 72.8 Å². The molecule has 8 bridgehead atoms. The van der Waals surface area contributed by atoms with Gasteiger partial charge in [0.1, 0.15) is 6.61 Å². The Morgan fingerprint density at radius 1 is 0.519 bits per heavy atom. The maximum Gasteiger partial charge on any atom is 2.00 e. The zero-order chi connectivity index (χ0) is 36.8. The van der Waals surface area contributed by atoms with Crippen LogP contribution in [-0.4, -0.2) is 52.7 Å². The Morgan fingerprint density at radius 2 is 0.963 bits per heavy atom. The van der Waals surface area contributed by atoms with Crippen LogP contribution in [0.2, 0.25) is 0 Å². The summed E-state index contributed by atoms with van der Waals surface area (Å²) in [6.45, 7) is 0.337. The van der Waals surface area contributed by atoms with Crippen LogP contribution in [0.25, 0.3) is 89.7 Å². The maximum absolute atomic E-state index is 9.12. The van der Waals surface area contributed by atoms with Gasteiger partial charge in [0, 0.05) is 71.0 Å². The van der Waals surface area contributed by atoms with E-state index >= 15 is 0 Å². The zero-order valence-electron chi connectivity index (χ0n) is 28.5. The number of aromatic nitrogens is 8. The normalized spacial score (nSPS) is 11.4. The molecule has 3 aromatic heterocycles. The van der Waals surface area contributed by atoms with E-state index in [0.29, 0.717) is 52.4 Å². The predicted molar refractivity (Wildman–Crippen MR) is 200 cm³/mol. The van der Waals surface area contributed by atoms with Gasteiger partial charge in [0.15, 0.2) is 11.6 Å². The average Bonchev–Trinajstić information content (AvgIpc) is 3.93. The molecule has 2 aliphatic rings. The third-order valence-corrected chi connectivity index (χ3v) is 9.17. The molecule has 273 valence electrons. The molecule has 0 atom stereocenters. The molecule has 54 heavy (non-hydrogen) atoms. The second-order valence-electron chi connectivity index (χ2n) is 12.2. The second-order valence-corrected chi connectivity index (χ2v) is 12.2. The number of carbonyl (C=O) groups is 1. The molecule has 0 fully saturated rings. The molecular weight excluding hydrogens is 736 g/mol. The average molecular weight is 768 g/mol. The van der Waals surface area contributed by atoms with Crippen molar-refractivity contribution in [3.8, 4) is 45.6 Å². The van der Waals surface area contributed by atoms with Gasteiger partial charge in [0.25, 0.3) is 0 Å². The molecule has 0 saturated carbocycles. The van der Waals surface area contributed by atoms with Crippen LogP contribution < -0.4 is 32.9 Å². The van der Waals surface area contributed by atoms with Crippen molar-refractivity contribution in [2.24, 2.45) is 22.9 Å². The van der Waals surface area contributed by atoms with Gasteiger partial charge in [-0.05, 0) is 43.8 Å². The monoisotopic (exact) mass is 767 g/mol. The quantitative estimate of drug-likeness (QED) is 0.137. The fourth-order valence-electron chi connectivity index (χ4n) is 6.79. The predicted octanol–water partition coefficient (Wildman–Crippen LogP) is 3.02. The van der Waals surface area contributed by atoms with Crippen molar-refractivity contribution in [1.82, 2.24) is 39.9 Å². The van der Waals surface area contributed by atoms with Gasteiger partial charge < -0.3 is 58.1 Å². The summed E-state index contributed by atoms with van der Waals surface area (Å²) in [6, 6.07) is 23.5. The van der Waals surface area contributed by atoms with Crippen molar-refractivity contribution in [3.63, 3.8) is 0 Å². The summed E-state index contributed by atoms with van der Waals surface area (Å²) in [5.74, 6) is 0.566. The molecule has 5 heterocycles. The number of aliphatic carboxylic acids is 1. The fraction of sp³-hybridized carbons (Fsp3) is 0.132. The number of nitrogens with zero attached hydrogens (tertiary/aromatic N) is 8. The van der Waals surface area contributed by atoms with Crippen LogP contribution >= 0.6 is 0 Å². The van der Waals surface area contributed by atoms with E-state index in [0.717, 1.165) is 66.1 Å². The number of fused-ring (bicyclic) bond motifs is 20. The smallest absolute Gasteiger partial charge is 0.480 e. The van der Waals surface area contributed by atoms with Crippen LogP contribution in [0.4, 0.5) is 0 Å². The van der Waals surface area contributed by atoms with Gasteiger partial charge in [-0.15, -0.1) is 0 Å². The first-order valence-electron chi connectivity index (χ1n) is 16.7.